The molecule has 0 aromatic carbocycles. The number of morpholine rings is 1. The number of aromatic nitrogens is 2. The molecule has 1 saturated heterocycles. The van der Waals surface area contributed by atoms with Gasteiger partial charge in [-0.25, -0.2) is 4.99 Å². The monoisotopic (exact) mass is 478 g/mol. The number of guanidine groups is 1. The molecule has 2 N–H and O–H groups in total. The molecule has 0 amide bonds. The Hall–Kier alpha value is -0.870. The summed E-state index contributed by atoms with van der Waals surface area (Å²) in [5.74, 6) is 1.54. The van der Waals surface area contributed by atoms with E-state index in [2.05, 4.69) is 41.4 Å². The zero-order valence-corrected chi connectivity index (χ0v) is 18.9. The fraction of sp³-hybridized carbons (Fsp3) is 0.778. The first kappa shape index (κ1) is 23.2. The van der Waals surface area contributed by atoms with E-state index in [9.17, 15) is 0 Å². The van der Waals surface area contributed by atoms with Crippen LogP contribution in [-0.2, 0) is 18.3 Å². The Morgan fingerprint density at radius 1 is 1.31 bits per heavy atom. The lowest BCUT2D eigenvalue weighted by Gasteiger charge is -2.35. The van der Waals surface area contributed by atoms with Crippen LogP contribution in [0, 0.1) is 5.92 Å². The first-order chi connectivity index (χ1) is 12.1. The van der Waals surface area contributed by atoms with Crippen LogP contribution in [0.5, 0.6) is 0 Å². The third-order valence-electron chi connectivity index (χ3n) is 4.48. The molecule has 2 rings (SSSR count). The minimum absolute atomic E-state index is 0. The number of nitrogens with one attached hydrogen (secondary N) is 2. The van der Waals surface area contributed by atoms with Crippen LogP contribution in [0.25, 0.3) is 0 Å². The van der Waals surface area contributed by atoms with Crippen LogP contribution in [0.15, 0.2) is 17.3 Å². The number of ether oxygens (including phenoxy) is 1. The van der Waals surface area contributed by atoms with Crippen molar-refractivity contribution in [2.24, 2.45) is 18.0 Å². The van der Waals surface area contributed by atoms with Crippen molar-refractivity contribution >= 4 is 29.9 Å². The van der Waals surface area contributed by atoms with E-state index >= 15 is 0 Å². The lowest BCUT2D eigenvalue weighted by Crippen LogP contribution is -2.51. The quantitative estimate of drug-likeness (QED) is 0.339. The average molecular weight is 478 g/mol. The summed E-state index contributed by atoms with van der Waals surface area (Å²) in [4.78, 5) is 7.25. The molecule has 2 heterocycles. The predicted octanol–water partition coefficient (Wildman–Crippen LogP) is 1.84. The molecule has 0 aliphatic carbocycles. The Bertz CT molecular complexity index is 528. The molecule has 1 aliphatic rings. The van der Waals surface area contributed by atoms with Gasteiger partial charge in [0.1, 0.15) is 0 Å². The van der Waals surface area contributed by atoms with Gasteiger partial charge in [0.05, 0.1) is 25.5 Å². The normalized spacial score (nSPS) is 17.0. The third kappa shape index (κ3) is 7.79. The highest BCUT2D eigenvalue weighted by Gasteiger charge is 2.22. The molecule has 1 aliphatic heterocycles. The van der Waals surface area contributed by atoms with E-state index in [1.807, 2.05) is 24.0 Å². The number of hydrogen-bond acceptors (Lipinski definition) is 4. The summed E-state index contributed by atoms with van der Waals surface area (Å²) in [5, 5.41) is 11.1. The maximum atomic E-state index is 5.50. The average Bonchev–Trinajstić information content (AvgIpc) is 3.01. The fourth-order valence-electron chi connectivity index (χ4n) is 3.12. The predicted molar refractivity (Wildman–Crippen MR) is 117 cm³/mol. The van der Waals surface area contributed by atoms with E-state index in [-0.39, 0.29) is 24.0 Å². The summed E-state index contributed by atoms with van der Waals surface area (Å²) in [6.07, 6.45) is 2.98. The van der Waals surface area contributed by atoms with Gasteiger partial charge in [-0.2, -0.15) is 5.10 Å². The Morgan fingerprint density at radius 2 is 2.04 bits per heavy atom. The Kier molecular flexibility index (Phi) is 11.1. The van der Waals surface area contributed by atoms with Crippen molar-refractivity contribution in [2.75, 3.05) is 39.4 Å². The first-order valence-electron chi connectivity index (χ1n) is 9.41. The van der Waals surface area contributed by atoms with E-state index in [0.29, 0.717) is 18.5 Å². The van der Waals surface area contributed by atoms with Crippen LogP contribution in [-0.4, -0.2) is 66.1 Å². The largest absolute Gasteiger partial charge is 0.379 e. The highest BCUT2D eigenvalue weighted by Crippen LogP contribution is 2.13. The van der Waals surface area contributed by atoms with Crippen molar-refractivity contribution < 1.29 is 4.74 Å². The highest BCUT2D eigenvalue weighted by atomic mass is 127. The summed E-state index contributed by atoms with van der Waals surface area (Å²) in [7, 11) is 1.95. The second-order valence-electron chi connectivity index (χ2n) is 6.95. The van der Waals surface area contributed by atoms with Gasteiger partial charge < -0.3 is 15.4 Å². The van der Waals surface area contributed by atoms with Gasteiger partial charge in [0.2, 0.25) is 0 Å². The van der Waals surface area contributed by atoms with E-state index in [1.165, 1.54) is 6.42 Å². The molecular weight excluding hydrogens is 443 g/mol. The van der Waals surface area contributed by atoms with E-state index in [4.69, 9.17) is 9.73 Å². The van der Waals surface area contributed by atoms with E-state index in [0.717, 1.165) is 51.0 Å². The molecule has 26 heavy (non-hydrogen) atoms. The first-order valence-corrected chi connectivity index (χ1v) is 9.41. The van der Waals surface area contributed by atoms with Crippen LogP contribution in [0.1, 0.15) is 32.9 Å². The Morgan fingerprint density at radius 3 is 2.62 bits per heavy atom. The van der Waals surface area contributed by atoms with Gasteiger partial charge in [-0.05, 0) is 25.3 Å². The molecular formula is C18H35IN6O. The SMILES string of the molecule is CCNC(=NCc1ccnn1C)NCC(CC(C)C)N1CCOCC1.I. The van der Waals surface area contributed by atoms with Gasteiger partial charge in [-0.15, -0.1) is 24.0 Å². The second-order valence-corrected chi connectivity index (χ2v) is 6.95. The second kappa shape index (κ2) is 12.5. The standard InChI is InChI=1S/C18H34N6O.HI/c1-5-19-18(20-13-16-6-7-22-23(16)4)21-14-17(12-15(2)3)24-8-10-25-11-9-24;/h6-7,15,17H,5,8-14H2,1-4H3,(H2,19,20,21);1H. The summed E-state index contributed by atoms with van der Waals surface area (Å²) in [6, 6.07) is 2.51. The minimum Gasteiger partial charge on any atom is -0.379 e. The van der Waals surface area contributed by atoms with Gasteiger partial charge in [-0.1, -0.05) is 13.8 Å². The molecule has 7 nitrogen and oxygen atoms in total. The molecule has 0 spiro atoms. The Labute approximate surface area is 175 Å². The van der Waals surface area contributed by atoms with Crippen molar-refractivity contribution in [3.8, 4) is 0 Å². The lowest BCUT2D eigenvalue weighted by molar-refractivity contribution is 0.0132. The van der Waals surface area contributed by atoms with Gasteiger partial charge in [-0.3, -0.25) is 9.58 Å². The van der Waals surface area contributed by atoms with E-state index < -0.39 is 0 Å². The Balaban J connectivity index is 0.00000338. The molecule has 0 saturated carbocycles. The molecule has 0 bridgehead atoms. The summed E-state index contributed by atoms with van der Waals surface area (Å²) >= 11 is 0. The van der Waals surface area contributed by atoms with Gasteiger partial charge in [0.15, 0.2) is 5.96 Å². The fourth-order valence-corrected chi connectivity index (χ4v) is 3.12. The van der Waals surface area contributed by atoms with Crippen molar-refractivity contribution in [3.05, 3.63) is 18.0 Å². The number of aliphatic imine (C=N–C) groups is 1. The number of hydrogen-bond donors (Lipinski definition) is 2. The smallest absolute Gasteiger partial charge is 0.191 e. The number of halogens is 1. The van der Waals surface area contributed by atoms with Crippen LogP contribution in [0.4, 0.5) is 0 Å². The summed E-state index contributed by atoms with van der Waals surface area (Å²) < 4.78 is 7.37. The minimum atomic E-state index is 0. The molecule has 1 unspecified atom stereocenters. The number of nitrogens with zero attached hydrogens (tertiary/aromatic N) is 4. The molecule has 1 fully saturated rings. The topological polar surface area (TPSA) is 66.7 Å². The molecule has 1 aromatic rings. The van der Waals surface area contributed by atoms with Gasteiger partial charge >= 0.3 is 0 Å². The van der Waals surface area contributed by atoms with Crippen LogP contribution >= 0.6 is 24.0 Å². The molecule has 150 valence electrons. The maximum absolute atomic E-state index is 5.50. The van der Waals surface area contributed by atoms with Crippen molar-refractivity contribution in [1.82, 2.24) is 25.3 Å². The van der Waals surface area contributed by atoms with Crippen molar-refractivity contribution in [2.45, 2.75) is 39.8 Å². The van der Waals surface area contributed by atoms with Crippen LogP contribution < -0.4 is 10.6 Å². The zero-order valence-electron chi connectivity index (χ0n) is 16.6. The highest BCUT2D eigenvalue weighted by molar-refractivity contribution is 14.0. The van der Waals surface area contributed by atoms with Gasteiger partial charge in [0, 0.05) is 45.5 Å². The molecule has 1 atom stereocenters. The van der Waals surface area contributed by atoms with Crippen molar-refractivity contribution in [3.63, 3.8) is 0 Å². The van der Waals surface area contributed by atoms with Crippen molar-refractivity contribution in [1.29, 1.82) is 0 Å². The summed E-state index contributed by atoms with van der Waals surface area (Å²) in [6.45, 7) is 12.7. The molecule has 8 heteroatoms. The van der Waals surface area contributed by atoms with E-state index in [1.54, 1.807) is 0 Å². The zero-order chi connectivity index (χ0) is 18.1. The lowest BCUT2D eigenvalue weighted by atomic mass is 10.0. The third-order valence-corrected chi connectivity index (χ3v) is 4.48. The summed E-state index contributed by atoms with van der Waals surface area (Å²) in [5.41, 5.74) is 1.10. The van der Waals surface area contributed by atoms with Crippen LogP contribution in [0.3, 0.4) is 0 Å². The number of aryl methyl sites for hydroxylation is 1. The van der Waals surface area contributed by atoms with Crippen LogP contribution in [0.2, 0.25) is 0 Å². The molecule has 1 aromatic heterocycles. The van der Waals surface area contributed by atoms with Gasteiger partial charge in [0.25, 0.3) is 0 Å². The maximum Gasteiger partial charge on any atom is 0.191 e. The molecule has 0 radical (unpaired) electrons. The number of rotatable bonds is 8.